The summed E-state index contributed by atoms with van der Waals surface area (Å²) in [7, 11) is 2.12. The smallest absolute Gasteiger partial charge is 0.151 e. The fourth-order valence-corrected chi connectivity index (χ4v) is 5.58. The van der Waals surface area contributed by atoms with Crippen LogP contribution in [-0.4, -0.2) is 12.1 Å². The first kappa shape index (κ1) is 22.6. The highest BCUT2D eigenvalue weighted by molar-refractivity contribution is 5.86. The predicted molar refractivity (Wildman–Crippen MR) is 153 cm³/mol. The van der Waals surface area contributed by atoms with Gasteiger partial charge in [-0.2, -0.15) is 0 Å². The quantitative estimate of drug-likeness (QED) is 0.268. The van der Waals surface area contributed by atoms with Gasteiger partial charge in [-0.3, -0.25) is 0 Å². The number of para-hydroxylation sites is 5. The summed E-state index contributed by atoms with van der Waals surface area (Å²) >= 11 is 0. The molecule has 0 saturated carbocycles. The zero-order valence-electron chi connectivity index (χ0n) is 21.1. The van der Waals surface area contributed by atoms with Crippen molar-refractivity contribution in [1.82, 2.24) is 10.4 Å². The van der Waals surface area contributed by atoms with Crippen LogP contribution >= 0.6 is 0 Å². The van der Waals surface area contributed by atoms with Crippen molar-refractivity contribution < 1.29 is 4.74 Å². The first-order valence-corrected chi connectivity index (χ1v) is 12.9. The van der Waals surface area contributed by atoms with Crippen molar-refractivity contribution in [1.29, 1.82) is 0 Å². The van der Waals surface area contributed by atoms with E-state index >= 15 is 0 Å². The highest BCUT2D eigenvalue weighted by Crippen LogP contribution is 2.50. The summed E-state index contributed by atoms with van der Waals surface area (Å²) in [5.41, 5.74) is 10.5. The van der Waals surface area contributed by atoms with Crippen molar-refractivity contribution in [2.75, 3.05) is 16.8 Å². The predicted octanol–water partition coefficient (Wildman–Crippen LogP) is 7.92. The molecule has 5 aromatic rings. The molecule has 0 bridgehead atoms. The van der Waals surface area contributed by atoms with E-state index in [9.17, 15) is 0 Å². The highest BCUT2D eigenvalue weighted by atomic mass is 16.5. The number of anilines is 4. The van der Waals surface area contributed by atoms with Gasteiger partial charge in [0.1, 0.15) is 12.3 Å². The molecule has 5 aromatic carbocycles. The summed E-state index contributed by atoms with van der Waals surface area (Å²) in [6.07, 6.45) is 0.0344. The zero-order chi connectivity index (χ0) is 25.5. The first-order valence-electron chi connectivity index (χ1n) is 12.9. The van der Waals surface area contributed by atoms with Gasteiger partial charge >= 0.3 is 0 Å². The molecule has 1 fully saturated rings. The van der Waals surface area contributed by atoms with Crippen molar-refractivity contribution in [3.05, 3.63) is 145 Å². The van der Waals surface area contributed by atoms with Crippen LogP contribution < -0.4 is 20.0 Å². The van der Waals surface area contributed by atoms with E-state index in [4.69, 9.17) is 4.74 Å². The van der Waals surface area contributed by atoms with Gasteiger partial charge in [-0.25, -0.2) is 10.4 Å². The lowest BCUT2D eigenvalue weighted by molar-refractivity contribution is 0.230. The Morgan fingerprint density at radius 2 is 1.11 bits per heavy atom. The zero-order valence-corrected chi connectivity index (χ0v) is 21.1. The lowest BCUT2D eigenvalue weighted by Crippen LogP contribution is -2.30. The van der Waals surface area contributed by atoms with Crippen LogP contribution in [-0.2, 0) is 0 Å². The molecular weight excluding hydrogens is 468 g/mol. The average molecular weight is 497 g/mol. The second-order valence-corrected chi connectivity index (χ2v) is 9.63. The van der Waals surface area contributed by atoms with Gasteiger partial charge in [0.25, 0.3) is 0 Å². The normalized spacial score (nSPS) is 18.6. The third-order valence-corrected chi connectivity index (χ3v) is 7.29. The molecule has 5 heteroatoms. The van der Waals surface area contributed by atoms with Gasteiger partial charge in [-0.05, 0) is 59.7 Å². The number of nitrogens with one attached hydrogen (secondary N) is 1. The topological polar surface area (TPSA) is 31.0 Å². The van der Waals surface area contributed by atoms with Crippen LogP contribution in [0.15, 0.2) is 133 Å². The van der Waals surface area contributed by atoms with Crippen LogP contribution in [0.5, 0.6) is 11.5 Å². The first-order chi connectivity index (χ1) is 18.8. The molecule has 2 aliphatic heterocycles. The van der Waals surface area contributed by atoms with Gasteiger partial charge < -0.3 is 14.5 Å². The largest absolute Gasteiger partial charge is 0.453 e. The monoisotopic (exact) mass is 496 g/mol. The van der Waals surface area contributed by atoms with E-state index in [1.807, 2.05) is 24.3 Å². The van der Waals surface area contributed by atoms with E-state index in [1.54, 1.807) is 0 Å². The van der Waals surface area contributed by atoms with E-state index < -0.39 is 0 Å². The molecule has 186 valence electrons. The Bertz CT molecular complexity index is 1510. The van der Waals surface area contributed by atoms with E-state index in [1.165, 1.54) is 16.8 Å². The number of hydrazine groups is 1. The number of hydrogen-bond donors (Lipinski definition) is 1. The molecule has 2 unspecified atom stereocenters. The average Bonchev–Trinajstić information content (AvgIpc) is 3.34. The Morgan fingerprint density at radius 3 is 1.74 bits per heavy atom. The summed E-state index contributed by atoms with van der Waals surface area (Å²) in [5.74, 6) is 1.71. The van der Waals surface area contributed by atoms with Crippen molar-refractivity contribution in [2.24, 2.45) is 0 Å². The molecule has 0 amide bonds. The van der Waals surface area contributed by atoms with Crippen LogP contribution in [0.3, 0.4) is 0 Å². The molecule has 5 nitrogen and oxygen atoms in total. The maximum Gasteiger partial charge on any atom is 0.151 e. The molecule has 38 heavy (non-hydrogen) atoms. The SMILES string of the molecule is CN1NC(c2ccccc2)N(c2ccccc2)C1c1ccc(N2c3ccccc3Oc3ccccc32)cc1. The fraction of sp³-hybridized carbons (Fsp3) is 0.0909. The van der Waals surface area contributed by atoms with Crippen LogP contribution in [0.4, 0.5) is 22.7 Å². The molecule has 0 aromatic heterocycles. The minimum Gasteiger partial charge on any atom is -0.453 e. The van der Waals surface area contributed by atoms with Crippen LogP contribution in [0.25, 0.3) is 0 Å². The number of fused-ring (bicyclic) bond motifs is 2. The molecule has 2 heterocycles. The van der Waals surface area contributed by atoms with Gasteiger partial charge in [0.05, 0.1) is 11.4 Å². The number of benzene rings is 5. The van der Waals surface area contributed by atoms with E-state index in [0.717, 1.165) is 28.6 Å². The Kier molecular flexibility index (Phi) is 5.58. The highest BCUT2D eigenvalue weighted by Gasteiger charge is 2.39. The lowest BCUT2D eigenvalue weighted by atomic mass is 10.1. The molecule has 0 radical (unpaired) electrons. The van der Waals surface area contributed by atoms with Crippen molar-refractivity contribution >= 4 is 22.7 Å². The third-order valence-electron chi connectivity index (χ3n) is 7.29. The molecule has 1 saturated heterocycles. The number of hydrogen-bond acceptors (Lipinski definition) is 5. The van der Waals surface area contributed by atoms with Crippen molar-refractivity contribution in [3.63, 3.8) is 0 Å². The summed E-state index contributed by atoms with van der Waals surface area (Å²) < 4.78 is 6.20. The lowest BCUT2D eigenvalue weighted by Gasteiger charge is -2.34. The van der Waals surface area contributed by atoms with E-state index in [0.29, 0.717) is 0 Å². The Hall–Kier alpha value is -4.58. The van der Waals surface area contributed by atoms with Crippen LogP contribution in [0.1, 0.15) is 23.5 Å². The molecule has 1 N–H and O–H groups in total. The maximum absolute atomic E-state index is 6.20. The standard InChI is InChI=1S/C33H28N4O/c1-35-33(37(26-14-6-3-7-15-26)32(34-35)24-12-4-2-5-13-24)25-20-22-27(23-21-25)36-28-16-8-10-18-30(28)38-31-19-11-9-17-29(31)36/h2-23,32-34H,1H3. The summed E-state index contributed by atoms with van der Waals surface area (Å²) in [5, 5.41) is 2.21. The fourth-order valence-electron chi connectivity index (χ4n) is 5.58. The minimum atomic E-state index is 0.0147. The Balaban J connectivity index is 1.29. The van der Waals surface area contributed by atoms with Crippen molar-refractivity contribution in [3.8, 4) is 11.5 Å². The molecule has 0 aliphatic carbocycles. The maximum atomic E-state index is 6.20. The number of ether oxygens (including phenoxy) is 1. The molecule has 0 spiro atoms. The van der Waals surface area contributed by atoms with Gasteiger partial charge in [0.2, 0.25) is 0 Å². The molecule has 2 atom stereocenters. The van der Waals surface area contributed by atoms with Gasteiger partial charge in [0.15, 0.2) is 11.5 Å². The van der Waals surface area contributed by atoms with Gasteiger partial charge in [-0.15, -0.1) is 0 Å². The van der Waals surface area contributed by atoms with E-state index in [2.05, 4.69) is 136 Å². The molecular formula is C33H28N4O. The van der Waals surface area contributed by atoms with Crippen molar-refractivity contribution in [2.45, 2.75) is 12.3 Å². The van der Waals surface area contributed by atoms with Gasteiger partial charge in [0, 0.05) is 18.4 Å². The van der Waals surface area contributed by atoms with Crippen LogP contribution in [0, 0.1) is 0 Å². The summed E-state index contributed by atoms with van der Waals surface area (Å²) in [6, 6.07) is 46.5. The number of rotatable bonds is 4. The minimum absolute atomic E-state index is 0.0147. The second-order valence-electron chi connectivity index (χ2n) is 9.63. The number of nitrogens with zero attached hydrogens (tertiary/aromatic N) is 3. The molecule has 2 aliphatic rings. The second kappa shape index (κ2) is 9.38. The third kappa shape index (κ3) is 3.80. The summed E-state index contributed by atoms with van der Waals surface area (Å²) in [4.78, 5) is 4.72. The Labute approximate surface area is 223 Å². The summed E-state index contributed by atoms with van der Waals surface area (Å²) in [6.45, 7) is 0. The van der Waals surface area contributed by atoms with Crippen LogP contribution in [0.2, 0.25) is 0 Å². The molecule has 7 rings (SSSR count). The Morgan fingerprint density at radius 1 is 0.553 bits per heavy atom. The van der Waals surface area contributed by atoms with Gasteiger partial charge in [-0.1, -0.05) is 84.9 Å². The van der Waals surface area contributed by atoms with E-state index in [-0.39, 0.29) is 12.3 Å².